The molecule has 29 heavy (non-hydrogen) atoms. The van der Waals surface area contributed by atoms with Gasteiger partial charge >= 0.3 is 0 Å². The van der Waals surface area contributed by atoms with E-state index in [1.807, 2.05) is 37.3 Å². The number of pyridine rings is 1. The molecule has 2 aromatic heterocycles. The molecular weight excluding hydrogens is 360 g/mol. The molecule has 1 N–H and O–H groups in total. The summed E-state index contributed by atoms with van der Waals surface area (Å²) >= 11 is 0. The van der Waals surface area contributed by atoms with Crippen molar-refractivity contribution in [1.82, 2.24) is 19.9 Å². The third kappa shape index (κ3) is 4.35. The first-order chi connectivity index (χ1) is 14.2. The molecule has 0 spiro atoms. The molecule has 1 amide bonds. The molecule has 2 aromatic carbocycles. The average molecular weight is 384 g/mol. The first kappa shape index (κ1) is 18.9. The van der Waals surface area contributed by atoms with E-state index in [0.717, 1.165) is 36.2 Å². The summed E-state index contributed by atoms with van der Waals surface area (Å²) in [4.78, 5) is 21.5. The molecule has 0 saturated carbocycles. The van der Waals surface area contributed by atoms with Crippen LogP contribution in [0.5, 0.6) is 0 Å². The van der Waals surface area contributed by atoms with Crippen molar-refractivity contribution in [3.8, 4) is 0 Å². The number of para-hydroxylation sites is 2. The molecule has 0 aliphatic carbocycles. The van der Waals surface area contributed by atoms with E-state index in [0.29, 0.717) is 5.69 Å². The number of carbonyl (C=O) groups excluding carboxylic acids is 1. The smallest absolute Gasteiger partial charge is 0.270 e. The van der Waals surface area contributed by atoms with Gasteiger partial charge in [-0.05, 0) is 49.6 Å². The van der Waals surface area contributed by atoms with Crippen LogP contribution in [0.2, 0.25) is 0 Å². The number of imidazole rings is 1. The van der Waals surface area contributed by atoms with Crippen LogP contribution in [0.1, 0.15) is 41.3 Å². The van der Waals surface area contributed by atoms with Gasteiger partial charge in [-0.15, -0.1) is 0 Å². The number of hydrogen-bond donors (Lipinski definition) is 1. The Labute approximate surface area is 170 Å². The van der Waals surface area contributed by atoms with Crippen LogP contribution in [0.3, 0.4) is 0 Å². The Balaban J connectivity index is 1.54. The lowest BCUT2D eigenvalue weighted by molar-refractivity contribution is 0.0932. The minimum atomic E-state index is -0.228. The number of aryl methyl sites for hydroxylation is 2. The maximum atomic E-state index is 12.5. The first-order valence-corrected chi connectivity index (χ1v) is 9.93. The summed E-state index contributed by atoms with van der Waals surface area (Å²) < 4.78 is 2.22. The lowest BCUT2D eigenvalue weighted by atomic mass is 10.1. The number of nitrogens with zero attached hydrogens (tertiary/aromatic N) is 3. The monoisotopic (exact) mass is 384 g/mol. The van der Waals surface area contributed by atoms with Crippen LogP contribution < -0.4 is 5.32 Å². The van der Waals surface area contributed by atoms with Gasteiger partial charge in [0.15, 0.2) is 0 Å². The van der Waals surface area contributed by atoms with Gasteiger partial charge in [0, 0.05) is 12.7 Å². The van der Waals surface area contributed by atoms with Crippen LogP contribution in [0.25, 0.3) is 11.0 Å². The second-order valence-electron chi connectivity index (χ2n) is 7.11. The normalized spacial score (nSPS) is 12.0. The Kier molecular flexibility index (Phi) is 5.66. The van der Waals surface area contributed by atoms with Crippen molar-refractivity contribution in [2.75, 3.05) is 0 Å². The largest absolute Gasteiger partial charge is 0.341 e. The van der Waals surface area contributed by atoms with Crippen LogP contribution in [-0.4, -0.2) is 20.4 Å². The second-order valence-corrected chi connectivity index (χ2v) is 7.11. The molecule has 0 aliphatic rings. The van der Waals surface area contributed by atoms with Gasteiger partial charge in [-0.1, -0.05) is 48.5 Å². The quantitative estimate of drug-likeness (QED) is 0.508. The number of hydrogen-bond acceptors (Lipinski definition) is 3. The molecule has 0 radical (unpaired) electrons. The molecule has 5 nitrogen and oxygen atoms in total. The third-order valence-corrected chi connectivity index (χ3v) is 5.01. The lowest BCUT2D eigenvalue weighted by Gasteiger charge is -2.16. The zero-order valence-corrected chi connectivity index (χ0v) is 16.5. The minimum Gasteiger partial charge on any atom is -0.341 e. The molecule has 1 atom stereocenters. The summed E-state index contributed by atoms with van der Waals surface area (Å²) in [6.45, 7) is 2.81. The summed E-state index contributed by atoms with van der Waals surface area (Å²) in [5, 5.41) is 3.04. The minimum absolute atomic E-state index is 0.194. The zero-order chi connectivity index (χ0) is 20.1. The van der Waals surface area contributed by atoms with E-state index >= 15 is 0 Å². The van der Waals surface area contributed by atoms with Gasteiger partial charge in [-0.25, -0.2) is 4.98 Å². The number of rotatable bonds is 7. The third-order valence-electron chi connectivity index (χ3n) is 5.01. The first-order valence-electron chi connectivity index (χ1n) is 9.93. The Morgan fingerprint density at radius 1 is 1.00 bits per heavy atom. The fraction of sp³-hybridized carbons (Fsp3) is 0.208. The molecule has 4 aromatic rings. The van der Waals surface area contributed by atoms with Gasteiger partial charge in [0.25, 0.3) is 5.91 Å². The van der Waals surface area contributed by atoms with Gasteiger partial charge in [0.2, 0.25) is 0 Å². The molecule has 0 aliphatic heterocycles. The topological polar surface area (TPSA) is 59.8 Å². The Morgan fingerprint density at radius 2 is 1.76 bits per heavy atom. The van der Waals surface area contributed by atoms with Crippen LogP contribution in [0, 0.1) is 0 Å². The molecule has 5 heteroatoms. The van der Waals surface area contributed by atoms with Crippen molar-refractivity contribution in [2.24, 2.45) is 0 Å². The van der Waals surface area contributed by atoms with Crippen molar-refractivity contribution in [3.05, 3.63) is 96.1 Å². The van der Waals surface area contributed by atoms with Gasteiger partial charge < -0.3 is 9.88 Å². The Hall–Kier alpha value is -3.47. The Morgan fingerprint density at radius 3 is 2.55 bits per heavy atom. The van der Waals surface area contributed by atoms with Crippen LogP contribution in [0.15, 0.2) is 79.0 Å². The van der Waals surface area contributed by atoms with Gasteiger partial charge in [-0.2, -0.15) is 0 Å². The van der Waals surface area contributed by atoms with Gasteiger partial charge in [0.05, 0.1) is 17.1 Å². The van der Waals surface area contributed by atoms with Crippen molar-refractivity contribution < 1.29 is 4.79 Å². The Bertz CT molecular complexity index is 1090. The van der Waals surface area contributed by atoms with Crippen molar-refractivity contribution in [2.45, 2.75) is 32.4 Å². The van der Waals surface area contributed by atoms with Crippen molar-refractivity contribution >= 4 is 16.9 Å². The molecular formula is C24H24N4O. The highest BCUT2D eigenvalue weighted by atomic mass is 16.1. The van der Waals surface area contributed by atoms with E-state index < -0.39 is 0 Å². The van der Waals surface area contributed by atoms with E-state index in [4.69, 9.17) is 4.98 Å². The average Bonchev–Trinajstić information content (AvgIpc) is 3.14. The standard InChI is InChI=1S/C24H24N4O/c1-18(26-24(29)21-14-7-8-16-25-21)23-27-20-13-5-6-15-22(20)28(23)17-9-12-19-10-3-2-4-11-19/h2-8,10-11,13-16,18H,9,12,17H2,1H3,(H,26,29). The fourth-order valence-corrected chi connectivity index (χ4v) is 3.58. The number of nitrogens with one attached hydrogen (secondary N) is 1. The van der Waals surface area contributed by atoms with E-state index in [1.54, 1.807) is 18.3 Å². The van der Waals surface area contributed by atoms with Crippen LogP contribution in [0.4, 0.5) is 0 Å². The summed E-state index contributed by atoms with van der Waals surface area (Å²) in [5.74, 6) is 0.671. The summed E-state index contributed by atoms with van der Waals surface area (Å²) in [6.07, 6.45) is 3.62. The van der Waals surface area contributed by atoms with Crippen molar-refractivity contribution in [3.63, 3.8) is 0 Å². The summed E-state index contributed by atoms with van der Waals surface area (Å²) in [5.41, 5.74) is 3.77. The fourth-order valence-electron chi connectivity index (χ4n) is 3.58. The second kappa shape index (κ2) is 8.69. The van der Waals surface area contributed by atoms with Gasteiger partial charge in [-0.3, -0.25) is 9.78 Å². The molecule has 2 heterocycles. The van der Waals surface area contributed by atoms with E-state index in [1.165, 1.54) is 5.56 Å². The van der Waals surface area contributed by atoms with E-state index in [-0.39, 0.29) is 11.9 Å². The summed E-state index contributed by atoms with van der Waals surface area (Å²) in [6, 6.07) is 23.7. The number of aromatic nitrogens is 3. The highest BCUT2D eigenvalue weighted by Crippen LogP contribution is 2.22. The van der Waals surface area contributed by atoms with Crippen LogP contribution >= 0.6 is 0 Å². The maximum absolute atomic E-state index is 12.5. The maximum Gasteiger partial charge on any atom is 0.270 e. The van der Waals surface area contributed by atoms with E-state index in [2.05, 4.69) is 45.2 Å². The molecule has 1 unspecified atom stereocenters. The van der Waals surface area contributed by atoms with Crippen LogP contribution in [-0.2, 0) is 13.0 Å². The number of fused-ring (bicyclic) bond motifs is 1. The molecule has 0 saturated heterocycles. The molecule has 4 rings (SSSR count). The lowest BCUT2D eigenvalue weighted by Crippen LogP contribution is -2.29. The number of benzene rings is 2. The highest BCUT2D eigenvalue weighted by molar-refractivity contribution is 5.92. The number of amides is 1. The predicted octanol–water partition coefficient (Wildman–Crippen LogP) is 4.56. The molecule has 0 bridgehead atoms. The summed E-state index contributed by atoms with van der Waals surface area (Å²) in [7, 11) is 0. The highest BCUT2D eigenvalue weighted by Gasteiger charge is 2.19. The van der Waals surface area contributed by atoms with E-state index in [9.17, 15) is 4.79 Å². The zero-order valence-electron chi connectivity index (χ0n) is 16.5. The van der Waals surface area contributed by atoms with Gasteiger partial charge in [0.1, 0.15) is 11.5 Å². The molecule has 0 fully saturated rings. The predicted molar refractivity (Wildman–Crippen MR) is 115 cm³/mol. The molecule has 146 valence electrons. The SMILES string of the molecule is CC(NC(=O)c1ccccn1)c1nc2ccccc2n1CCCc1ccccc1. The number of carbonyl (C=O) groups is 1. The van der Waals surface area contributed by atoms with Crippen molar-refractivity contribution in [1.29, 1.82) is 0 Å².